The van der Waals surface area contributed by atoms with Crippen LogP contribution in [-0.2, 0) is 4.74 Å². The Morgan fingerprint density at radius 3 is 2.29 bits per heavy atom. The van der Waals surface area contributed by atoms with Crippen LogP contribution in [0.4, 0.5) is 4.79 Å². The summed E-state index contributed by atoms with van der Waals surface area (Å²) in [6.07, 6.45) is 7.00. The van der Waals surface area contributed by atoms with E-state index in [0.717, 1.165) is 12.8 Å². The fourth-order valence-corrected chi connectivity index (χ4v) is 3.07. The zero-order chi connectivity index (χ0) is 15.5. The molecule has 2 rings (SSSR count). The summed E-state index contributed by atoms with van der Waals surface area (Å²) in [5.74, 6) is 0. The highest BCUT2D eigenvalue weighted by Crippen LogP contribution is 2.26. The molecule has 1 amide bonds. The van der Waals surface area contributed by atoms with E-state index in [9.17, 15) is 10.1 Å². The van der Waals surface area contributed by atoms with Crippen molar-refractivity contribution >= 4 is 6.09 Å². The molecule has 1 aliphatic carbocycles. The van der Waals surface area contributed by atoms with Crippen LogP contribution in [0.2, 0.25) is 0 Å². The highest BCUT2D eigenvalue weighted by atomic mass is 16.6. The number of carbonyl (C=O) groups is 1. The molecule has 2 aliphatic rings. The summed E-state index contributed by atoms with van der Waals surface area (Å²) in [6.45, 7) is 6.41. The van der Waals surface area contributed by atoms with E-state index in [4.69, 9.17) is 4.74 Å². The minimum Gasteiger partial charge on any atom is -0.444 e. The summed E-state index contributed by atoms with van der Waals surface area (Å²) in [5.41, 5.74) is -1.07. The second-order valence-corrected chi connectivity index (χ2v) is 7.36. The van der Waals surface area contributed by atoms with E-state index in [0.29, 0.717) is 19.1 Å². The van der Waals surface area contributed by atoms with Crippen molar-refractivity contribution in [1.82, 2.24) is 10.2 Å². The Morgan fingerprint density at radius 2 is 1.81 bits per heavy atom. The molecular formula is C16H27N3O2. The molecule has 1 saturated carbocycles. The maximum Gasteiger partial charge on any atom is 0.410 e. The van der Waals surface area contributed by atoms with Crippen LogP contribution in [0.5, 0.6) is 0 Å². The lowest BCUT2D eigenvalue weighted by molar-refractivity contribution is -0.00718. The minimum absolute atomic E-state index is 0.323. The number of nitriles is 1. The van der Waals surface area contributed by atoms with Crippen molar-refractivity contribution < 1.29 is 9.53 Å². The lowest BCUT2D eigenvalue weighted by atomic mass is 9.89. The summed E-state index contributed by atoms with van der Waals surface area (Å²) in [4.78, 5) is 13.6. The van der Waals surface area contributed by atoms with Crippen molar-refractivity contribution in [1.29, 1.82) is 5.26 Å². The average molecular weight is 293 g/mol. The largest absolute Gasteiger partial charge is 0.444 e. The van der Waals surface area contributed by atoms with Gasteiger partial charge in [-0.3, -0.25) is 5.32 Å². The van der Waals surface area contributed by atoms with Gasteiger partial charge in [0.1, 0.15) is 11.1 Å². The van der Waals surface area contributed by atoms with Gasteiger partial charge in [-0.05, 0) is 33.6 Å². The summed E-state index contributed by atoms with van der Waals surface area (Å²) in [5, 5.41) is 13.0. The first-order chi connectivity index (χ1) is 9.84. The maximum atomic E-state index is 12.0. The molecule has 5 nitrogen and oxygen atoms in total. The molecule has 5 heteroatoms. The molecule has 0 atom stereocenters. The Kier molecular flexibility index (Phi) is 4.77. The molecule has 0 bridgehead atoms. The van der Waals surface area contributed by atoms with Gasteiger partial charge in [-0.1, -0.05) is 25.7 Å². The monoisotopic (exact) mass is 293 g/mol. The topological polar surface area (TPSA) is 65.4 Å². The quantitative estimate of drug-likeness (QED) is 0.795. The van der Waals surface area contributed by atoms with Crippen molar-refractivity contribution in [2.75, 3.05) is 13.1 Å². The fourth-order valence-electron chi connectivity index (χ4n) is 3.07. The standard InChI is InChI=1S/C16H27N3O2/c1-15(2,3)21-14(20)19-11-16(10-17,12-19)18-13-8-6-4-5-7-9-13/h13,18H,4-9,11-12H2,1-3H3. The van der Waals surface area contributed by atoms with Gasteiger partial charge in [-0.15, -0.1) is 0 Å². The van der Waals surface area contributed by atoms with Crippen LogP contribution in [-0.4, -0.2) is 41.3 Å². The molecule has 2 fully saturated rings. The van der Waals surface area contributed by atoms with Crippen LogP contribution >= 0.6 is 0 Å². The number of nitrogens with zero attached hydrogens (tertiary/aromatic N) is 2. The molecule has 1 N–H and O–H groups in total. The maximum absolute atomic E-state index is 12.0. The van der Waals surface area contributed by atoms with E-state index >= 15 is 0 Å². The number of likely N-dealkylation sites (tertiary alicyclic amines) is 1. The first kappa shape index (κ1) is 16.1. The molecule has 1 heterocycles. The molecule has 118 valence electrons. The number of rotatable bonds is 2. The number of hydrogen-bond donors (Lipinski definition) is 1. The number of hydrogen-bond acceptors (Lipinski definition) is 4. The second-order valence-electron chi connectivity index (χ2n) is 7.36. The van der Waals surface area contributed by atoms with Crippen LogP contribution < -0.4 is 5.32 Å². The number of amides is 1. The molecule has 1 aliphatic heterocycles. The average Bonchev–Trinajstić information content (AvgIpc) is 2.59. The third-order valence-electron chi connectivity index (χ3n) is 4.12. The second kappa shape index (κ2) is 6.23. The summed E-state index contributed by atoms with van der Waals surface area (Å²) in [6, 6.07) is 2.78. The smallest absolute Gasteiger partial charge is 0.410 e. The zero-order valence-corrected chi connectivity index (χ0v) is 13.4. The Labute approximate surface area is 127 Å². The Morgan fingerprint density at radius 1 is 1.24 bits per heavy atom. The first-order valence-corrected chi connectivity index (χ1v) is 8.00. The van der Waals surface area contributed by atoms with Crippen molar-refractivity contribution in [2.45, 2.75) is 76.5 Å². The van der Waals surface area contributed by atoms with Gasteiger partial charge in [0.15, 0.2) is 0 Å². The Bertz CT molecular complexity index is 408. The highest BCUT2D eigenvalue weighted by molar-refractivity contribution is 5.70. The van der Waals surface area contributed by atoms with Gasteiger partial charge in [0, 0.05) is 6.04 Å². The van der Waals surface area contributed by atoms with Crippen LogP contribution in [0.3, 0.4) is 0 Å². The minimum atomic E-state index is -0.577. The van der Waals surface area contributed by atoms with Gasteiger partial charge >= 0.3 is 6.09 Å². The van der Waals surface area contributed by atoms with Crippen LogP contribution in [0.15, 0.2) is 0 Å². The Balaban J connectivity index is 1.85. The molecule has 0 unspecified atom stereocenters. The van der Waals surface area contributed by atoms with Crippen LogP contribution in [0, 0.1) is 11.3 Å². The van der Waals surface area contributed by atoms with E-state index in [1.54, 1.807) is 4.90 Å². The van der Waals surface area contributed by atoms with Gasteiger partial charge in [0.25, 0.3) is 0 Å². The summed E-state index contributed by atoms with van der Waals surface area (Å²) >= 11 is 0. The summed E-state index contributed by atoms with van der Waals surface area (Å²) in [7, 11) is 0. The number of ether oxygens (including phenoxy) is 1. The molecule has 1 saturated heterocycles. The van der Waals surface area contributed by atoms with Crippen molar-refractivity contribution in [3.8, 4) is 6.07 Å². The fraction of sp³-hybridized carbons (Fsp3) is 0.875. The van der Waals surface area contributed by atoms with Crippen molar-refractivity contribution in [3.05, 3.63) is 0 Å². The van der Waals surface area contributed by atoms with Crippen LogP contribution in [0.1, 0.15) is 59.3 Å². The van der Waals surface area contributed by atoms with Gasteiger partial charge in [0.2, 0.25) is 0 Å². The number of nitrogens with one attached hydrogen (secondary N) is 1. The molecular weight excluding hydrogens is 266 g/mol. The predicted octanol–water partition coefficient (Wildman–Crippen LogP) is 2.81. The van der Waals surface area contributed by atoms with Crippen molar-refractivity contribution in [3.63, 3.8) is 0 Å². The summed E-state index contributed by atoms with van der Waals surface area (Å²) < 4.78 is 5.34. The predicted molar refractivity (Wildman–Crippen MR) is 80.8 cm³/mol. The van der Waals surface area contributed by atoms with E-state index in [-0.39, 0.29) is 6.09 Å². The number of carbonyl (C=O) groups excluding carboxylic acids is 1. The van der Waals surface area contributed by atoms with Gasteiger partial charge in [-0.25, -0.2) is 4.79 Å². The molecule has 0 aromatic rings. The third kappa shape index (κ3) is 4.34. The van der Waals surface area contributed by atoms with Gasteiger partial charge in [-0.2, -0.15) is 5.26 Å². The lowest BCUT2D eigenvalue weighted by Crippen LogP contribution is -2.71. The zero-order valence-electron chi connectivity index (χ0n) is 13.4. The first-order valence-electron chi connectivity index (χ1n) is 8.00. The van der Waals surface area contributed by atoms with Crippen molar-refractivity contribution in [2.24, 2.45) is 0 Å². The molecule has 0 radical (unpaired) electrons. The van der Waals surface area contributed by atoms with Gasteiger partial charge < -0.3 is 9.64 Å². The molecule has 21 heavy (non-hydrogen) atoms. The lowest BCUT2D eigenvalue weighted by Gasteiger charge is -2.47. The van der Waals surface area contributed by atoms with E-state index in [1.165, 1.54) is 25.7 Å². The molecule has 0 spiro atoms. The van der Waals surface area contributed by atoms with E-state index < -0.39 is 11.1 Å². The van der Waals surface area contributed by atoms with E-state index in [2.05, 4.69) is 11.4 Å². The third-order valence-corrected chi connectivity index (χ3v) is 4.12. The molecule has 0 aromatic heterocycles. The van der Waals surface area contributed by atoms with Crippen LogP contribution in [0.25, 0.3) is 0 Å². The normalized spacial score (nSPS) is 22.9. The highest BCUT2D eigenvalue weighted by Gasteiger charge is 2.48. The van der Waals surface area contributed by atoms with E-state index in [1.807, 2.05) is 20.8 Å². The molecule has 0 aromatic carbocycles. The SMILES string of the molecule is CC(C)(C)OC(=O)N1CC(C#N)(NC2CCCCCC2)C1. The van der Waals surface area contributed by atoms with Gasteiger partial charge in [0.05, 0.1) is 19.2 Å². The Hall–Kier alpha value is -1.28.